The van der Waals surface area contributed by atoms with Crippen molar-refractivity contribution in [2.45, 2.75) is 76.4 Å². The summed E-state index contributed by atoms with van der Waals surface area (Å²) in [5.74, 6) is 0.766. The first kappa shape index (κ1) is 18.5. The fourth-order valence-corrected chi connectivity index (χ4v) is 5.36. The summed E-state index contributed by atoms with van der Waals surface area (Å²) < 4.78 is 6.05. The van der Waals surface area contributed by atoms with E-state index in [1.807, 2.05) is 0 Å². The highest BCUT2D eigenvalue weighted by Gasteiger charge is 2.22. The van der Waals surface area contributed by atoms with Gasteiger partial charge in [0.1, 0.15) is 0 Å². The van der Waals surface area contributed by atoms with Crippen LogP contribution in [0.5, 0.6) is 0 Å². The molecule has 2 rings (SSSR count). The highest BCUT2D eigenvalue weighted by Crippen LogP contribution is 2.34. The molecule has 1 aliphatic rings. The van der Waals surface area contributed by atoms with Gasteiger partial charge in [-0.25, -0.2) is 0 Å². The molecular formula is C19H31IOSi. The summed E-state index contributed by atoms with van der Waals surface area (Å²) in [5, 5.41) is 0. The third kappa shape index (κ3) is 6.32. The number of aryl methyl sites for hydroxylation is 1. The molecule has 3 heteroatoms. The topological polar surface area (TPSA) is 9.23 Å². The SMILES string of the molecule is CCCCc1ccc([C@H]2CC[C@H](OCCC[SiH2]I)CC2)cc1. The second kappa shape index (κ2) is 10.8. The molecule has 124 valence electrons. The molecule has 0 amide bonds. The van der Waals surface area contributed by atoms with Crippen molar-refractivity contribution in [2.24, 2.45) is 0 Å². The number of benzene rings is 1. The average molecular weight is 430 g/mol. The van der Waals surface area contributed by atoms with Crippen molar-refractivity contribution in [2.75, 3.05) is 6.61 Å². The van der Waals surface area contributed by atoms with E-state index in [9.17, 15) is 0 Å². The summed E-state index contributed by atoms with van der Waals surface area (Å²) in [6.07, 6.45) is 10.8. The van der Waals surface area contributed by atoms with Crippen LogP contribution < -0.4 is 0 Å². The third-order valence-corrected chi connectivity index (χ3v) is 7.88. The maximum absolute atomic E-state index is 6.05. The largest absolute Gasteiger partial charge is 0.378 e. The Morgan fingerprint density at radius 1 is 1.09 bits per heavy atom. The minimum atomic E-state index is 0.203. The van der Waals surface area contributed by atoms with E-state index in [0.717, 1.165) is 12.5 Å². The van der Waals surface area contributed by atoms with E-state index in [1.54, 1.807) is 5.56 Å². The molecule has 22 heavy (non-hydrogen) atoms. The Labute approximate surface area is 151 Å². The Kier molecular flexibility index (Phi) is 9.08. The molecule has 0 radical (unpaired) electrons. The van der Waals surface area contributed by atoms with E-state index in [0.29, 0.717) is 6.10 Å². The smallest absolute Gasteiger partial charge is 0.0938 e. The van der Waals surface area contributed by atoms with Gasteiger partial charge in [-0.05, 0) is 62.0 Å². The van der Waals surface area contributed by atoms with Crippen molar-refractivity contribution < 1.29 is 4.74 Å². The van der Waals surface area contributed by atoms with Gasteiger partial charge in [0.25, 0.3) is 0 Å². The lowest BCUT2D eigenvalue weighted by atomic mass is 9.82. The number of hydrogen-bond acceptors (Lipinski definition) is 1. The first-order valence-electron chi connectivity index (χ1n) is 9.10. The van der Waals surface area contributed by atoms with Crippen LogP contribution in [-0.2, 0) is 11.2 Å². The van der Waals surface area contributed by atoms with Crippen molar-refractivity contribution in [1.82, 2.24) is 0 Å². The van der Waals surface area contributed by atoms with Crippen LogP contribution in [0.2, 0.25) is 6.04 Å². The van der Waals surface area contributed by atoms with Crippen LogP contribution in [0.15, 0.2) is 24.3 Å². The van der Waals surface area contributed by atoms with Gasteiger partial charge in [-0.2, -0.15) is 0 Å². The molecular weight excluding hydrogens is 399 g/mol. The monoisotopic (exact) mass is 430 g/mol. The number of rotatable bonds is 9. The standard InChI is InChI=1S/C19H31IOSi/c1-2-3-5-16-6-8-17(9-7-16)18-10-12-19(13-11-18)21-14-4-15-22-20/h6-9,18-19H,2-5,10-15,22H2,1H3/t18-,19-. The van der Waals surface area contributed by atoms with E-state index in [4.69, 9.17) is 4.74 Å². The van der Waals surface area contributed by atoms with Gasteiger partial charge in [-0.1, -0.05) is 43.7 Å². The molecule has 1 fully saturated rings. The summed E-state index contributed by atoms with van der Waals surface area (Å²) in [5.41, 5.74) is 3.05. The lowest BCUT2D eigenvalue weighted by Gasteiger charge is -2.29. The molecule has 1 nitrogen and oxygen atoms in total. The minimum absolute atomic E-state index is 0.203. The molecule has 0 saturated heterocycles. The van der Waals surface area contributed by atoms with Gasteiger partial charge in [0.05, 0.1) is 13.1 Å². The van der Waals surface area contributed by atoms with Crippen molar-refractivity contribution >= 4 is 28.8 Å². The second-order valence-electron chi connectivity index (χ2n) is 6.59. The Balaban J connectivity index is 1.72. The number of ether oxygens (including phenoxy) is 1. The fourth-order valence-electron chi connectivity index (χ4n) is 3.35. The van der Waals surface area contributed by atoms with E-state index in [2.05, 4.69) is 53.0 Å². The van der Waals surface area contributed by atoms with Gasteiger partial charge in [-0.3, -0.25) is 0 Å². The van der Waals surface area contributed by atoms with Crippen LogP contribution in [0.3, 0.4) is 0 Å². The molecule has 1 aromatic rings. The van der Waals surface area contributed by atoms with Crippen LogP contribution in [0.4, 0.5) is 0 Å². The zero-order valence-electron chi connectivity index (χ0n) is 14.0. The van der Waals surface area contributed by atoms with Gasteiger partial charge in [0, 0.05) is 6.61 Å². The molecule has 1 aliphatic carbocycles. The molecule has 0 unspecified atom stereocenters. The van der Waals surface area contributed by atoms with Gasteiger partial charge in [-0.15, -0.1) is 21.8 Å². The molecule has 0 aliphatic heterocycles. The summed E-state index contributed by atoms with van der Waals surface area (Å²) in [6.45, 7) is 3.26. The highest BCUT2D eigenvalue weighted by atomic mass is 127. The number of unbranched alkanes of at least 4 members (excludes halogenated alkanes) is 1. The van der Waals surface area contributed by atoms with Crippen LogP contribution in [0.25, 0.3) is 0 Å². The molecule has 1 saturated carbocycles. The lowest BCUT2D eigenvalue weighted by Crippen LogP contribution is -2.21. The summed E-state index contributed by atoms with van der Waals surface area (Å²) in [7, 11) is 0.203. The van der Waals surface area contributed by atoms with E-state index in [1.165, 1.54) is 63.0 Å². The Morgan fingerprint density at radius 3 is 2.45 bits per heavy atom. The fraction of sp³-hybridized carbons (Fsp3) is 0.684. The quantitative estimate of drug-likeness (QED) is 0.221. The molecule has 0 N–H and O–H groups in total. The number of halogens is 1. The third-order valence-electron chi connectivity index (χ3n) is 4.83. The Morgan fingerprint density at radius 2 is 1.82 bits per heavy atom. The van der Waals surface area contributed by atoms with Crippen LogP contribution >= 0.6 is 21.8 Å². The molecule has 0 heterocycles. The molecule has 0 bridgehead atoms. The van der Waals surface area contributed by atoms with E-state index >= 15 is 0 Å². The Hall–Kier alpha value is 0.127. The molecule has 0 spiro atoms. The lowest BCUT2D eigenvalue weighted by molar-refractivity contribution is 0.0252. The van der Waals surface area contributed by atoms with Crippen LogP contribution in [0, 0.1) is 0 Å². The second-order valence-corrected chi connectivity index (χ2v) is 10.9. The van der Waals surface area contributed by atoms with Gasteiger partial charge >= 0.3 is 0 Å². The predicted octanol–water partition coefficient (Wildman–Crippen LogP) is 5.40. The van der Waals surface area contributed by atoms with E-state index < -0.39 is 0 Å². The Bertz CT molecular complexity index is 398. The molecule has 0 aromatic heterocycles. The zero-order chi connectivity index (χ0) is 15.6. The zero-order valence-corrected chi connectivity index (χ0v) is 17.6. The van der Waals surface area contributed by atoms with Gasteiger partial charge in [0.2, 0.25) is 0 Å². The van der Waals surface area contributed by atoms with Crippen molar-refractivity contribution in [3.8, 4) is 0 Å². The summed E-state index contributed by atoms with van der Waals surface area (Å²) in [4.78, 5) is 0. The van der Waals surface area contributed by atoms with Crippen LogP contribution in [-0.4, -0.2) is 19.7 Å². The first-order valence-corrected chi connectivity index (χ1v) is 15.2. The molecule has 1 aromatic carbocycles. The van der Waals surface area contributed by atoms with Crippen molar-refractivity contribution in [1.29, 1.82) is 0 Å². The number of hydrogen-bond donors (Lipinski definition) is 0. The van der Waals surface area contributed by atoms with Crippen molar-refractivity contribution in [3.63, 3.8) is 0 Å². The predicted molar refractivity (Wildman–Crippen MR) is 108 cm³/mol. The maximum Gasteiger partial charge on any atom is 0.0938 e. The van der Waals surface area contributed by atoms with Crippen molar-refractivity contribution in [3.05, 3.63) is 35.4 Å². The van der Waals surface area contributed by atoms with Gasteiger partial charge in [0.15, 0.2) is 0 Å². The summed E-state index contributed by atoms with van der Waals surface area (Å²) in [6, 6.07) is 10.9. The highest BCUT2D eigenvalue weighted by molar-refractivity contribution is 14.1. The maximum atomic E-state index is 6.05. The molecule has 0 atom stereocenters. The van der Waals surface area contributed by atoms with Gasteiger partial charge < -0.3 is 4.74 Å². The first-order chi connectivity index (χ1) is 10.8. The van der Waals surface area contributed by atoms with E-state index in [-0.39, 0.29) is 7.02 Å². The normalized spacial score (nSPS) is 22.5. The van der Waals surface area contributed by atoms with Crippen LogP contribution in [0.1, 0.15) is 68.9 Å². The average Bonchev–Trinajstić information content (AvgIpc) is 2.58. The summed E-state index contributed by atoms with van der Waals surface area (Å²) >= 11 is 2.58. The minimum Gasteiger partial charge on any atom is -0.378 e.